The van der Waals surface area contributed by atoms with Crippen LogP contribution in [0.15, 0.2) is 35.7 Å². The molecule has 2 aromatic heterocycles. The molecule has 1 aromatic carbocycles. The number of nitrogens with one attached hydrogen (secondary N) is 1. The number of hydrogen-bond acceptors (Lipinski definition) is 6. The van der Waals surface area contributed by atoms with E-state index < -0.39 is 5.97 Å². The highest BCUT2D eigenvalue weighted by atomic mass is 32.1. The quantitative estimate of drug-likeness (QED) is 0.644. The van der Waals surface area contributed by atoms with E-state index in [2.05, 4.69) is 15.5 Å². The van der Waals surface area contributed by atoms with Gasteiger partial charge in [-0.1, -0.05) is 23.8 Å². The molecule has 1 amide bonds. The molecule has 3 rings (SSSR count). The summed E-state index contributed by atoms with van der Waals surface area (Å²) in [5, 5.41) is 13.3. The van der Waals surface area contributed by atoms with Crippen molar-refractivity contribution < 1.29 is 14.3 Å². The van der Waals surface area contributed by atoms with Gasteiger partial charge in [-0.05, 0) is 50.8 Å². The topological polar surface area (TPSA) is 86.1 Å². The number of ether oxygens (including phenoxy) is 1. The molecule has 0 aliphatic carbocycles. The second-order valence-corrected chi connectivity index (χ2v) is 7.57. The van der Waals surface area contributed by atoms with E-state index in [1.54, 1.807) is 18.3 Å². The second kappa shape index (κ2) is 8.35. The largest absolute Gasteiger partial charge is 0.451 e. The molecule has 8 heteroatoms. The molecule has 0 spiro atoms. The minimum atomic E-state index is -0.674. The number of benzene rings is 1. The molecule has 7 nitrogen and oxygen atoms in total. The van der Waals surface area contributed by atoms with Crippen LogP contribution < -0.4 is 5.32 Å². The Balaban J connectivity index is 1.63. The van der Waals surface area contributed by atoms with E-state index in [-0.39, 0.29) is 24.2 Å². The van der Waals surface area contributed by atoms with E-state index in [4.69, 9.17) is 4.74 Å². The van der Waals surface area contributed by atoms with Crippen LogP contribution in [0.3, 0.4) is 0 Å². The van der Waals surface area contributed by atoms with Crippen LogP contribution in [-0.2, 0) is 9.53 Å². The van der Waals surface area contributed by atoms with Gasteiger partial charge in [-0.3, -0.25) is 4.79 Å². The van der Waals surface area contributed by atoms with Gasteiger partial charge in [0.05, 0.1) is 17.4 Å². The third-order valence-electron chi connectivity index (χ3n) is 4.23. The smallest absolute Gasteiger partial charge is 0.361 e. The average Bonchev–Trinajstić information content (AvgIpc) is 3.29. The molecule has 0 bridgehead atoms. The molecule has 0 aliphatic heterocycles. The molecule has 1 N–H and O–H groups in total. The number of esters is 1. The first-order valence-corrected chi connectivity index (χ1v) is 9.74. The number of hydrogen-bond donors (Lipinski definition) is 1. The Labute approximate surface area is 167 Å². The second-order valence-electron chi connectivity index (χ2n) is 6.59. The maximum atomic E-state index is 12.4. The monoisotopic (exact) mass is 398 g/mol. The summed E-state index contributed by atoms with van der Waals surface area (Å²) >= 11 is 1.56. The molecule has 2 heterocycles. The number of aromatic nitrogens is 3. The van der Waals surface area contributed by atoms with E-state index in [1.807, 2.05) is 56.5 Å². The van der Waals surface area contributed by atoms with E-state index in [0.29, 0.717) is 5.69 Å². The first kappa shape index (κ1) is 19.8. The van der Waals surface area contributed by atoms with Crippen molar-refractivity contribution in [1.82, 2.24) is 20.3 Å². The standard InChI is InChI=1S/C20H22N4O3S/c1-12-7-8-16(13(2)10-12)24-22-15(4)19(23-24)20(26)27-11-18(25)21-14(3)17-6-5-9-28-17/h5-10,14H,11H2,1-4H3,(H,21,25)/t14-/m1/s1. The molecule has 0 radical (unpaired) electrons. The number of amides is 1. The summed E-state index contributed by atoms with van der Waals surface area (Å²) < 4.78 is 5.12. The summed E-state index contributed by atoms with van der Waals surface area (Å²) in [7, 11) is 0. The number of aryl methyl sites for hydroxylation is 3. The van der Waals surface area contributed by atoms with Gasteiger partial charge in [0.1, 0.15) is 0 Å². The van der Waals surface area contributed by atoms with Gasteiger partial charge in [0, 0.05) is 4.88 Å². The van der Waals surface area contributed by atoms with Crippen LogP contribution in [0.4, 0.5) is 0 Å². The zero-order chi connectivity index (χ0) is 20.3. The first-order chi connectivity index (χ1) is 13.3. The molecular formula is C20H22N4O3S. The van der Waals surface area contributed by atoms with Crippen molar-refractivity contribution in [3.05, 3.63) is 63.1 Å². The van der Waals surface area contributed by atoms with Crippen molar-refractivity contribution in [2.45, 2.75) is 33.7 Å². The van der Waals surface area contributed by atoms with Gasteiger partial charge in [0.15, 0.2) is 12.3 Å². The van der Waals surface area contributed by atoms with E-state index in [0.717, 1.165) is 21.7 Å². The Bertz CT molecular complexity index is 995. The lowest BCUT2D eigenvalue weighted by Crippen LogP contribution is -2.30. The summed E-state index contributed by atoms with van der Waals surface area (Å²) in [5.41, 5.74) is 3.45. The SMILES string of the molecule is Cc1ccc(-n2nc(C)c(C(=O)OCC(=O)N[C@H](C)c3cccs3)n2)c(C)c1. The maximum absolute atomic E-state index is 12.4. The fourth-order valence-electron chi connectivity index (χ4n) is 2.80. The highest BCUT2D eigenvalue weighted by Gasteiger charge is 2.20. The van der Waals surface area contributed by atoms with Crippen molar-refractivity contribution in [2.75, 3.05) is 6.61 Å². The van der Waals surface area contributed by atoms with Gasteiger partial charge in [0.2, 0.25) is 0 Å². The molecule has 28 heavy (non-hydrogen) atoms. The van der Waals surface area contributed by atoms with Crippen molar-refractivity contribution in [3.8, 4) is 5.69 Å². The number of carbonyl (C=O) groups is 2. The zero-order valence-corrected chi connectivity index (χ0v) is 17.0. The summed E-state index contributed by atoms with van der Waals surface area (Å²) in [5.74, 6) is -1.04. The molecule has 146 valence electrons. The van der Waals surface area contributed by atoms with Crippen LogP contribution in [0.1, 0.15) is 45.2 Å². The molecule has 0 fully saturated rings. The van der Waals surface area contributed by atoms with Crippen molar-refractivity contribution in [1.29, 1.82) is 0 Å². The Hall–Kier alpha value is -3.00. The fourth-order valence-corrected chi connectivity index (χ4v) is 3.53. The lowest BCUT2D eigenvalue weighted by Gasteiger charge is -2.12. The van der Waals surface area contributed by atoms with E-state index >= 15 is 0 Å². The molecule has 3 aromatic rings. The predicted octanol–water partition coefficient (Wildman–Crippen LogP) is 3.29. The molecule has 0 aliphatic rings. The zero-order valence-electron chi connectivity index (χ0n) is 16.2. The molecule has 0 saturated carbocycles. The first-order valence-electron chi connectivity index (χ1n) is 8.86. The Morgan fingerprint density at radius 2 is 2.00 bits per heavy atom. The van der Waals surface area contributed by atoms with Crippen LogP contribution in [0.5, 0.6) is 0 Å². The summed E-state index contributed by atoms with van der Waals surface area (Å²) in [6.07, 6.45) is 0. The summed E-state index contributed by atoms with van der Waals surface area (Å²) in [6.45, 7) is 7.15. The molecule has 1 atom stereocenters. The Morgan fingerprint density at radius 1 is 1.21 bits per heavy atom. The normalized spacial score (nSPS) is 11.9. The van der Waals surface area contributed by atoms with Gasteiger partial charge in [0.25, 0.3) is 5.91 Å². The molecule has 0 saturated heterocycles. The Kier molecular flexibility index (Phi) is 5.89. The predicted molar refractivity (Wildman–Crippen MR) is 107 cm³/mol. The minimum Gasteiger partial charge on any atom is -0.451 e. The third kappa shape index (κ3) is 4.45. The van der Waals surface area contributed by atoms with E-state index in [9.17, 15) is 9.59 Å². The van der Waals surface area contributed by atoms with Crippen LogP contribution >= 0.6 is 11.3 Å². The third-order valence-corrected chi connectivity index (χ3v) is 5.28. The number of carbonyl (C=O) groups excluding carboxylic acids is 2. The average molecular weight is 398 g/mol. The van der Waals surface area contributed by atoms with Gasteiger partial charge in [-0.25, -0.2) is 4.79 Å². The lowest BCUT2D eigenvalue weighted by atomic mass is 10.1. The lowest BCUT2D eigenvalue weighted by molar-refractivity contribution is -0.124. The van der Waals surface area contributed by atoms with Gasteiger partial charge in [-0.15, -0.1) is 16.4 Å². The van der Waals surface area contributed by atoms with Crippen molar-refractivity contribution in [3.63, 3.8) is 0 Å². The summed E-state index contributed by atoms with van der Waals surface area (Å²) in [6, 6.07) is 9.60. The van der Waals surface area contributed by atoms with Crippen molar-refractivity contribution >= 4 is 23.2 Å². The van der Waals surface area contributed by atoms with Crippen LogP contribution in [0.25, 0.3) is 5.69 Å². The molecular weight excluding hydrogens is 376 g/mol. The van der Waals surface area contributed by atoms with Crippen LogP contribution in [0.2, 0.25) is 0 Å². The minimum absolute atomic E-state index is 0.0964. The Morgan fingerprint density at radius 3 is 2.68 bits per heavy atom. The number of rotatable bonds is 6. The van der Waals surface area contributed by atoms with Gasteiger partial charge in [-0.2, -0.15) is 9.90 Å². The van der Waals surface area contributed by atoms with Crippen molar-refractivity contribution in [2.24, 2.45) is 0 Å². The highest BCUT2D eigenvalue weighted by molar-refractivity contribution is 7.10. The number of nitrogens with zero attached hydrogens (tertiary/aromatic N) is 3. The fraction of sp³-hybridized carbons (Fsp3) is 0.300. The number of thiophene rings is 1. The maximum Gasteiger partial charge on any atom is 0.361 e. The molecule has 0 unspecified atom stereocenters. The van der Waals surface area contributed by atoms with Gasteiger partial charge < -0.3 is 10.1 Å². The van der Waals surface area contributed by atoms with Gasteiger partial charge >= 0.3 is 5.97 Å². The van der Waals surface area contributed by atoms with E-state index in [1.165, 1.54) is 4.80 Å². The summed E-state index contributed by atoms with van der Waals surface area (Å²) in [4.78, 5) is 26.9. The van der Waals surface area contributed by atoms with Crippen LogP contribution in [-0.4, -0.2) is 33.5 Å². The highest BCUT2D eigenvalue weighted by Crippen LogP contribution is 2.18. The van der Waals surface area contributed by atoms with Crippen LogP contribution in [0, 0.1) is 20.8 Å².